The maximum Gasteiger partial charge on any atom is 0.338 e. The first kappa shape index (κ1) is 15.0. The van der Waals surface area contributed by atoms with Crippen molar-refractivity contribution in [1.29, 1.82) is 0 Å². The average Bonchev–Trinajstić information content (AvgIpc) is 2.95. The molecule has 6 nitrogen and oxygen atoms in total. The number of thiophene rings is 1. The molecule has 0 amide bonds. The van der Waals surface area contributed by atoms with E-state index < -0.39 is 4.92 Å². The fourth-order valence-corrected chi connectivity index (χ4v) is 2.45. The Morgan fingerprint density at radius 1 is 1.29 bits per heavy atom. The van der Waals surface area contributed by atoms with Crippen LogP contribution < -0.4 is 5.32 Å². The molecule has 0 aliphatic rings. The Kier molecular flexibility index (Phi) is 4.89. The lowest BCUT2D eigenvalue weighted by atomic mass is 10.2. The highest BCUT2D eigenvalue weighted by Gasteiger charge is 2.09. The second-order valence-corrected chi connectivity index (χ2v) is 5.30. The Morgan fingerprint density at radius 2 is 2.00 bits per heavy atom. The number of ether oxygens (including phenoxy) is 1. The van der Waals surface area contributed by atoms with Crippen LogP contribution in [0.5, 0.6) is 0 Å². The van der Waals surface area contributed by atoms with Crippen molar-refractivity contribution >= 4 is 28.0 Å². The van der Waals surface area contributed by atoms with Crippen LogP contribution in [0, 0.1) is 10.1 Å². The molecular weight excluding hydrogens is 292 g/mol. The van der Waals surface area contributed by atoms with E-state index in [1.807, 2.05) is 0 Å². The molecule has 1 aromatic carbocycles. The summed E-state index contributed by atoms with van der Waals surface area (Å²) in [5.41, 5.74) is 1.33. The lowest BCUT2D eigenvalue weighted by Gasteiger charge is -2.06. The number of hydrogen-bond donors (Lipinski definition) is 1. The van der Waals surface area contributed by atoms with E-state index in [0.29, 0.717) is 18.7 Å². The summed E-state index contributed by atoms with van der Waals surface area (Å²) in [6, 6.07) is 10.1. The minimum atomic E-state index is -0.400. The van der Waals surface area contributed by atoms with E-state index in [9.17, 15) is 14.9 Å². The fraction of sp³-hybridized carbons (Fsp3) is 0.214. The Bertz CT molecular complexity index is 637. The normalized spacial score (nSPS) is 10.1. The Hall–Kier alpha value is -2.41. The van der Waals surface area contributed by atoms with Crippen LogP contribution in [0.25, 0.3) is 0 Å². The summed E-state index contributed by atoms with van der Waals surface area (Å²) in [4.78, 5) is 22.6. The maximum absolute atomic E-state index is 11.5. The average molecular weight is 306 g/mol. The summed E-state index contributed by atoms with van der Waals surface area (Å²) in [7, 11) is 0. The number of carbonyl (C=O) groups excluding carboxylic acids is 1. The molecule has 0 radical (unpaired) electrons. The number of esters is 1. The largest absolute Gasteiger partial charge is 0.462 e. The molecule has 110 valence electrons. The molecule has 1 N–H and O–H groups in total. The highest BCUT2D eigenvalue weighted by Crippen LogP contribution is 2.24. The first-order valence-corrected chi connectivity index (χ1v) is 7.16. The smallest absolute Gasteiger partial charge is 0.338 e. The second kappa shape index (κ2) is 6.85. The van der Waals surface area contributed by atoms with Crippen LogP contribution in [0.2, 0.25) is 0 Å². The van der Waals surface area contributed by atoms with E-state index in [0.717, 1.165) is 21.9 Å². The van der Waals surface area contributed by atoms with Gasteiger partial charge in [0.05, 0.1) is 17.1 Å². The predicted octanol–water partition coefficient (Wildman–Crippen LogP) is 3.45. The van der Waals surface area contributed by atoms with Gasteiger partial charge in [0.2, 0.25) is 0 Å². The number of rotatable bonds is 6. The molecular formula is C14H14N2O4S. The summed E-state index contributed by atoms with van der Waals surface area (Å²) < 4.78 is 4.90. The van der Waals surface area contributed by atoms with Crippen molar-refractivity contribution in [2.24, 2.45) is 0 Å². The van der Waals surface area contributed by atoms with Crippen molar-refractivity contribution in [1.82, 2.24) is 0 Å². The van der Waals surface area contributed by atoms with Gasteiger partial charge in [-0.1, -0.05) is 11.3 Å². The number of benzene rings is 1. The Morgan fingerprint density at radius 3 is 2.57 bits per heavy atom. The van der Waals surface area contributed by atoms with E-state index in [1.54, 1.807) is 37.3 Å². The third-order valence-electron chi connectivity index (χ3n) is 2.69. The van der Waals surface area contributed by atoms with Crippen LogP contribution in [-0.4, -0.2) is 17.5 Å². The zero-order valence-electron chi connectivity index (χ0n) is 11.4. The van der Waals surface area contributed by atoms with Crippen LogP contribution in [-0.2, 0) is 11.3 Å². The van der Waals surface area contributed by atoms with Crippen LogP contribution in [0.1, 0.15) is 22.2 Å². The Balaban J connectivity index is 1.94. The lowest BCUT2D eigenvalue weighted by molar-refractivity contribution is -0.380. The molecule has 1 heterocycles. The predicted molar refractivity (Wildman–Crippen MR) is 80.7 cm³/mol. The summed E-state index contributed by atoms with van der Waals surface area (Å²) in [5, 5.41) is 13.9. The van der Waals surface area contributed by atoms with E-state index in [4.69, 9.17) is 4.74 Å². The van der Waals surface area contributed by atoms with Gasteiger partial charge in [-0.25, -0.2) is 4.79 Å². The summed E-state index contributed by atoms with van der Waals surface area (Å²) in [6.45, 7) is 2.60. The first-order valence-electron chi connectivity index (χ1n) is 6.34. The van der Waals surface area contributed by atoms with Gasteiger partial charge >= 0.3 is 11.0 Å². The molecule has 0 fully saturated rings. The summed E-state index contributed by atoms with van der Waals surface area (Å²) >= 11 is 1.14. The molecule has 0 atom stereocenters. The molecule has 21 heavy (non-hydrogen) atoms. The zero-order valence-corrected chi connectivity index (χ0v) is 12.2. The van der Waals surface area contributed by atoms with E-state index >= 15 is 0 Å². The molecule has 0 unspecified atom stereocenters. The van der Waals surface area contributed by atoms with E-state index in [2.05, 4.69) is 5.32 Å². The van der Waals surface area contributed by atoms with Crippen molar-refractivity contribution in [3.63, 3.8) is 0 Å². The monoisotopic (exact) mass is 306 g/mol. The van der Waals surface area contributed by atoms with Crippen molar-refractivity contribution < 1.29 is 14.5 Å². The lowest BCUT2D eigenvalue weighted by Crippen LogP contribution is -2.04. The van der Waals surface area contributed by atoms with Crippen LogP contribution in [0.3, 0.4) is 0 Å². The minimum absolute atomic E-state index is 0.129. The topological polar surface area (TPSA) is 81.5 Å². The molecule has 0 aliphatic carbocycles. The highest BCUT2D eigenvalue weighted by molar-refractivity contribution is 7.15. The quantitative estimate of drug-likeness (QED) is 0.502. The van der Waals surface area contributed by atoms with E-state index in [1.165, 1.54) is 6.07 Å². The standard InChI is InChI=1S/C14H14N2O4S/c1-2-20-14(17)10-3-5-11(6-4-10)15-9-12-7-8-13(21-12)16(18)19/h3-8,15H,2,9H2,1H3. The molecule has 2 rings (SSSR count). The SMILES string of the molecule is CCOC(=O)c1ccc(NCc2ccc([N+](=O)[O-])s2)cc1. The molecule has 0 aliphatic heterocycles. The van der Waals surface area contributed by atoms with Gasteiger partial charge in [-0.05, 0) is 37.3 Å². The molecule has 1 aromatic heterocycles. The summed E-state index contributed by atoms with van der Waals surface area (Å²) in [6.07, 6.45) is 0. The zero-order chi connectivity index (χ0) is 15.2. The van der Waals surface area contributed by atoms with E-state index in [-0.39, 0.29) is 11.0 Å². The van der Waals surface area contributed by atoms with Gasteiger partial charge in [-0.15, -0.1) is 0 Å². The molecule has 2 aromatic rings. The van der Waals surface area contributed by atoms with Crippen LogP contribution >= 0.6 is 11.3 Å². The third kappa shape index (κ3) is 4.03. The fourth-order valence-electron chi connectivity index (χ4n) is 1.69. The van der Waals surface area contributed by atoms with Crippen molar-refractivity contribution in [3.8, 4) is 0 Å². The second-order valence-electron chi connectivity index (χ2n) is 4.15. The Labute approximate surface area is 125 Å². The van der Waals surface area contributed by atoms with Gasteiger partial charge in [0.15, 0.2) is 0 Å². The molecule has 0 bridgehead atoms. The number of nitrogens with one attached hydrogen (secondary N) is 1. The van der Waals surface area contributed by atoms with Crippen LogP contribution in [0.4, 0.5) is 10.7 Å². The van der Waals surface area contributed by atoms with Crippen molar-refractivity contribution in [2.75, 3.05) is 11.9 Å². The first-order chi connectivity index (χ1) is 10.1. The number of nitrogens with zero attached hydrogens (tertiary/aromatic N) is 1. The highest BCUT2D eigenvalue weighted by atomic mass is 32.1. The number of hydrogen-bond acceptors (Lipinski definition) is 6. The van der Waals surface area contributed by atoms with Gasteiger partial charge < -0.3 is 10.1 Å². The minimum Gasteiger partial charge on any atom is -0.462 e. The third-order valence-corrected chi connectivity index (χ3v) is 3.73. The molecule has 0 saturated heterocycles. The maximum atomic E-state index is 11.5. The van der Waals surface area contributed by atoms with Crippen LogP contribution in [0.15, 0.2) is 36.4 Å². The number of anilines is 1. The van der Waals surface area contributed by atoms with Gasteiger partial charge in [-0.3, -0.25) is 10.1 Å². The molecule has 7 heteroatoms. The molecule has 0 saturated carbocycles. The van der Waals surface area contributed by atoms with Gasteiger partial charge in [0.1, 0.15) is 0 Å². The number of carbonyl (C=O) groups is 1. The number of nitro groups is 1. The van der Waals surface area contributed by atoms with Gasteiger partial charge in [0.25, 0.3) is 0 Å². The summed E-state index contributed by atoms with van der Waals surface area (Å²) in [5.74, 6) is -0.349. The van der Waals surface area contributed by atoms with Gasteiger partial charge in [0, 0.05) is 23.2 Å². The molecule has 0 spiro atoms. The van der Waals surface area contributed by atoms with Gasteiger partial charge in [-0.2, -0.15) is 0 Å². The van der Waals surface area contributed by atoms with Crippen molar-refractivity contribution in [2.45, 2.75) is 13.5 Å². The van der Waals surface area contributed by atoms with Crippen molar-refractivity contribution in [3.05, 3.63) is 57.0 Å².